The maximum absolute atomic E-state index is 13.0. The molecule has 0 radical (unpaired) electrons. The number of carbonyl (C=O) groups is 2. The maximum Gasteiger partial charge on any atom is 0.413 e. The lowest BCUT2D eigenvalue weighted by atomic mass is 9.94. The summed E-state index contributed by atoms with van der Waals surface area (Å²) in [5.74, 6) is -0.877. The number of aliphatic hydroxyl groups excluding tert-OH is 1. The Bertz CT molecular complexity index is 1150. The van der Waals surface area contributed by atoms with Gasteiger partial charge in [-0.1, -0.05) is 72.8 Å². The molecule has 4 rings (SSSR count). The van der Waals surface area contributed by atoms with Gasteiger partial charge in [-0.15, -0.1) is 0 Å². The number of nitrogens with zero attached hydrogens (tertiary/aromatic N) is 1. The van der Waals surface area contributed by atoms with Crippen molar-refractivity contribution in [3.05, 3.63) is 83.9 Å². The molecule has 0 spiro atoms. The van der Waals surface area contributed by atoms with Gasteiger partial charge in [0.25, 0.3) is 0 Å². The van der Waals surface area contributed by atoms with Gasteiger partial charge in [-0.05, 0) is 55.5 Å². The lowest BCUT2D eigenvalue weighted by Gasteiger charge is -2.30. The van der Waals surface area contributed by atoms with E-state index in [9.17, 15) is 14.7 Å². The quantitative estimate of drug-likeness (QED) is 0.537. The third-order valence-corrected chi connectivity index (χ3v) is 5.98. The maximum atomic E-state index is 13.0. The lowest BCUT2D eigenvalue weighted by molar-refractivity contribution is -0.152. The second-order valence-electron chi connectivity index (χ2n) is 9.79. The minimum Gasteiger partial charge on any atom is -0.459 e. The van der Waals surface area contributed by atoms with Crippen LogP contribution in [0.3, 0.4) is 0 Å². The van der Waals surface area contributed by atoms with Gasteiger partial charge in [0.2, 0.25) is 0 Å². The molecule has 34 heavy (non-hydrogen) atoms. The van der Waals surface area contributed by atoms with Crippen LogP contribution in [-0.2, 0) is 27.3 Å². The topological polar surface area (TPSA) is 76.1 Å². The van der Waals surface area contributed by atoms with Gasteiger partial charge in [0, 0.05) is 5.92 Å². The summed E-state index contributed by atoms with van der Waals surface area (Å²) in [6.45, 7) is 5.36. The highest BCUT2D eigenvalue weighted by atomic mass is 16.6. The van der Waals surface area contributed by atoms with E-state index in [0.717, 1.165) is 26.8 Å². The van der Waals surface area contributed by atoms with E-state index in [0.29, 0.717) is 12.8 Å². The van der Waals surface area contributed by atoms with Crippen LogP contribution in [0, 0.1) is 5.92 Å². The number of likely N-dealkylation sites (tertiary alicyclic amines) is 1. The number of carbonyl (C=O) groups excluding carboxylic acids is 2. The van der Waals surface area contributed by atoms with E-state index >= 15 is 0 Å². The van der Waals surface area contributed by atoms with Crippen LogP contribution in [0.5, 0.6) is 0 Å². The number of ether oxygens (including phenoxy) is 2. The van der Waals surface area contributed by atoms with E-state index in [2.05, 4.69) is 6.07 Å². The van der Waals surface area contributed by atoms with E-state index in [1.54, 1.807) is 20.8 Å². The monoisotopic (exact) mass is 461 g/mol. The smallest absolute Gasteiger partial charge is 0.413 e. The molecule has 1 saturated heterocycles. The van der Waals surface area contributed by atoms with E-state index in [-0.39, 0.29) is 12.5 Å². The van der Waals surface area contributed by atoms with Crippen LogP contribution in [0.25, 0.3) is 10.8 Å². The van der Waals surface area contributed by atoms with Crippen molar-refractivity contribution in [2.24, 2.45) is 5.92 Å². The predicted molar refractivity (Wildman–Crippen MR) is 130 cm³/mol. The van der Waals surface area contributed by atoms with Gasteiger partial charge < -0.3 is 14.6 Å². The highest BCUT2D eigenvalue weighted by Crippen LogP contribution is 2.34. The van der Waals surface area contributed by atoms with Crippen LogP contribution < -0.4 is 0 Å². The zero-order chi connectivity index (χ0) is 24.3. The van der Waals surface area contributed by atoms with Gasteiger partial charge in [0.15, 0.2) is 0 Å². The summed E-state index contributed by atoms with van der Waals surface area (Å²) in [4.78, 5) is 27.1. The van der Waals surface area contributed by atoms with Crippen LogP contribution in [0.4, 0.5) is 4.79 Å². The second-order valence-corrected chi connectivity index (χ2v) is 9.79. The third kappa shape index (κ3) is 5.57. The summed E-state index contributed by atoms with van der Waals surface area (Å²) in [7, 11) is 0. The molecule has 1 unspecified atom stereocenters. The van der Waals surface area contributed by atoms with Crippen LogP contribution >= 0.6 is 0 Å². The predicted octanol–water partition coefficient (Wildman–Crippen LogP) is 5.07. The molecular weight excluding hydrogens is 430 g/mol. The first kappa shape index (κ1) is 23.8. The molecule has 3 aromatic carbocycles. The van der Waals surface area contributed by atoms with Gasteiger partial charge in [0.05, 0.1) is 0 Å². The van der Waals surface area contributed by atoms with Crippen LogP contribution in [0.1, 0.15) is 38.3 Å². The number of fused-ring (bicyclic) bond motifs is 1. The number of benzene rings is 3. The molecule has 1 fully saturated rings. The molecular formula is C28H31NO5. The molecule has 1 aliphatic heterocycles. The Morgan fingerprint density at radius 1 is 0.941 bits per heavy atom. The second kappa shape index (κ2) is 9.85. The van der Waals surface area contributed by atoms with Crippen molar-refractivity contribution in [2.75, 3.05) is 0 Å². The number of esters is 1. The molecule has 1 N–H and O–H groups in total. The summed E-state index contributed by atoms with van der Waals surface area (Å²) < 4.78 is 11.0. The van der Waals surface area contributed by atoms with Crippen LogP contribution in [0.15, 0.2) is 72.8 Å². The normalized spacial score (nSPS) is 20.4. The molecule has 1 heterocycles. The molecule has 6 nitrogen and oxygen atoms in total. The van der Waals surface area contributed by atoms with Gasteiger partial charge in [-0.3, -0.25) is 4.90 Å². The third-order valence-electron chi connectivity index (χ3n) is 5.98. The van der Waals surface area contributed by atoms with E-state index in [1.807, 2.05) is 66.7 Å². The lowest BCUT2D eigenvalue weighted by Crippen LogP contribution is -2.48. The Balaban J connectivity index is 1.53. The van der Waals surface area contributed by atoms with Gasteiger partial charge >= 0.3 is 12.1 Å². The summed E-state index contributed by atoms with van der Waals surface area (Å²) >= 11 is 0. The highest BCUT2D eigenvalue weighted by molar-refractivity contribution is 5.83. The molecule has 1 aliphatic rings. The molecule has 0 aromatic heterocycles. The Morgan fingerprint density at radius 3 is 2.32 bits per heavy atom. The van der Waals surface area contributed by atoms with E-state index < -0.39 is 29.9 Å². The molecule has 3 atom stereocenters. The van der Waals surface area contributed by atoms with Gasteiger partial charge in [0.1, 0.15) is 24.5 Å². The van der Waals surface area contributed by atoms with Crippen LogP contribution in [0.2, 0.25) is 0 Å². The number of hydrogen-bond donors (Lipinski definition) is 1. The van der Waals surface area contributed by atoms with Crippen molar-refractivity contribution in [1.82, 2.24) is 4.90 Å². The van der Waals surface area contributed by atoms with Gasteiger partial charge in [-0.25, -0.2) is 9.59 Å². The first-order valence-electron chi connectivity index (χ1n) is 11.6. The molecule has 3 aromatic rings. The summed E-state index contributed by atoms with van der Waals surface area (Å²) in [6, 6.07) is 22.7. The van der Waals surface area contributed by atoms with Crippen molar-refractivity contribution in [3.63, 3.8) is 0 Å². The minimum absolute atomic E-state index is 0.101. The first-order chi connectivity index (χ1) is 16.2. The van der Waals surface area contributed by atoms with E-state index in [1.165, 1.54) is 0 Å². The standard InChI is InChI=1S/C28H31NO5/c1-28(2,3)34-27(32)29-24(26(31)33-18-19-9-5-4-6-10-19)17-23(25(29)30)16-20-13-14-21-11-7-8-12-22(21)15-20/h4-15,23-25,30H,16-18H2,1-3H3/t23-,24+,25?/m0/s1. The minimum atomic E-state index is -1.16. The Hall–Kier alpha value is -3.38. The molecule has 178 valence electrons. The highest BCUT2D eigenvalue weighted by Gasteiger charge is 2.48. The van der Waals surface area contributed by atoms with Crippen molar-refractivity contribution in [2.45, 2.75) is 58.1 Å². The molecule has 6 heteroatoms. The largest absolute Gasteiger partial charge is 0.459 e. The fraction of sp³-hybridized carbons (Fsp3) is 0.357. The van der Waals surface area contributed by atoms with Crippen LogP contribution in [-0.4, -0.2) is 39.9 Å². The Morgan fingerprint density at radius 2 is 1.62 bits per heavy atom. The zero-order valence-electron chi connectivity index (χ0n) is 19.8. The Kier molecular flexibility index (Phi) is 6.89. The number of hydrogen-bond acceptors (Lipinski definition) is 5. The van der Waals surface area contributed by atoms with Crippen molar-refractivity contribution < 1.29 is 24.2 Å². The molecule has 0 saturated carbocycles. The number of rotatable bonds is 5. The fourth-order valence-corrected chi connectivity index (χ4v) is 4.38. The fourth-order valence-electron chi connectivity index (χ4n) is 4.38. The summed E-state index contributed by atoms with van der Waals surface area (Å²) in [6.07, 6.45) is -1.06. The molecule has 1 amide bonds. The van der Waals surface area contributed by atoms with E-state index in [4.69, 9.17) is 9.47 Å². The number of aliphatic hydroxyl groups is 1. The summed E-state index contributed by atoms with van der Waals surface area (Å²) in [5.41, 5.74) is 1.13. The van der Waals surface area contributed by atoms with Crippen molar-refractivity contribution in [1.29, 1.82) is 0 Å². The summed E-state index contributed by atoms with van der Waals surface area (Å²) in [5, 5.41) is 13.4. The van der Waals surface area contributed by atoms with Crippen molar-refractivity contribution >= 4 is 22.8 Å². The zero-order valence-corrected chi connectivity index (χ0v) is 19.8. The molecule has 0 bridgehead atoms. The Labute approximate surface area is 200 Å². The average molecular weight is 462 g/mol. The van der Waals surface area contributed by atoms with Crippen molar-refractivity contribution in [3.8, 4) is 0 Å². The number of amides is 1. The average Bonchev–Trinajstić information content (AvgIpc) is 3.13. The SMILES string of the molecule is CC(C)(C)OC(=O)N1C(O)[C@@H](Cc2ccc3ccccc3c2)C[C@@H]1C(=O)OCc1ccccc1. The van der Waals surface area contributed by atoms with Gasteiger partial charge in [-0.2, -0.15) is 0 Å². The molecule has 0 aliphatic carbocycles. The first-order valence-corrected chi connectivity index (χ1v) is 11.6.